The number of thiazole rings is 1. The predicted octanol–water partition coefficient (Wildman–Crippen LogP) is 4.49. The molecule has 0 N–H and O–H groups in total. The molecule has 0 aliphatic heterocycles. The Bertz CT molecular complexity index is 668. The average Bonchev–Trinajstić information content (AvgIpc) is 3.01. The lowest BCUT2D eigenvalue weighted by Gasteiger charge is -2.24. The van der Waals surface area contributed by atoms with Crippen LogP contribution in [0.3, 0.4) is 0 Å². The van der Waals surface area contributed by atoms with Crippen LogP contribution in [0.15, 0.2) is 34.5 Å². The Kier molecular flexibility index (Phi) is 7.93. The second-order valence-corrected chi connectivity index (χ2v) is 8.42. The van der Waals surface area contributed by atoms with Crippen molar-refractivity contribution in [3.8, 4) is 0 Å². The van der Waals surface area contributed by atoms with E-state index in [1.807, 2.05) is 36.1 Å². The summed E-state index contributed by atoms with van der Waals surface area (Å²) in [7, 11) is 1.66. The summed E-state index contributed by atoms with van der Waals surface area (Å²) in [6.45, 7) is 8.17. The number of benzene rings is 1. The van der Waals surface area contributed by atoms with Crippen LogP contribution in [-0.2, 0) is 10.5 Å². The van der Waals surface area contributed by atoms with Crippen molar-refractivity contribution in [1.82, 2.24) is 9.88 Å². The quantitative estimate of drug-likeness (QED) is 0.603. The molecule has 0 bridgehead atoms. The van der Waals surface area contributed by atoms with E-state index in [1.165, 1.54) is 0 Å². The van der Waals surface area contributed by atoms with Crippen molar-refractivity contribution < 1.29 is 9.53 Å². The van der Waals surface area contributed by atoms with Gasteiger partial charge in [0.15, 0.2) is 0 Å². The number of thioether (sulfide) groups is 1. The maximum Gasteiger partial charge on any atom is 0.253 e. The average molecular weight is 379 g/mol. The Morgan fingerprint density at radius 2 is 2.04 bits per heavy atom. The lowest BCUT2D eigenvalue weighted by atomic mass is 10.1. The molecule has 0 spiro atoms. The van der Waals surface area contributed by atoms with E-state index in [1.54, 1.807) is 30.2 Å². The lowest BCUT2D eigenvalue weighted by Crippen LogP contribution is -2.36. The van der Waals surface area contributed by atoms with E-state index in [2.05, 4.69) is 24.2 Å². The van der Waals surface area contributed by atoms with E-state index in [0.717, 1.165) is 33.5 Å². The summed E-state index contributed by atoms with van der Waals surface area (Å²) >= 11 is 3.41. The molecule has 0 radical (unpaired) electrons. The van der Waals surface area contributed by atoms with Gasteiger partial charge in [-0.05, 0) is 37.1 Å². The number of carbonyl (C=O) groups excluding carboxylic acids is 1. The largest absolute Gasteiger partial charge is 0.383 e. The number of aryl methyl sites for hydroxylation is 1. The van der Waals surface area contributed by atoms with E-state index in [0.29, 0.717) is 19.1 Å². The van der Waals surface area contributed by atoms with Crippen molar-refractivity contribution in [2.24, 2.45) is 5.92 Å². The molecule has 1 aromatic heterocycles. The molecule has 0 fully saturated rings. The fraction of sp³-hybridized carbons (Fsp3) is 0.474. The number of methoxy groups -OCH3 is 1. The number of aromatic nitrogens is 1. The molecular weight excluding hydrogens is 352 g/mol. The van der Waals surface area contributed by atoms with Crippen LogP contribution >= 0.6 is 23.1 Å². The molecule has 2 aromatic rings. The van der Waals surface area contributed by atoms with Crippen molar-refractivity contribution in [1.29, 1.82) is 0 Å². The molecule has 1 amide bonds. The van der Waals surface area contributed by atoms with Gasteiger partial charge in [0, 0.05) is 41.8 Å². The molecule has 0 aliphatic rings. The first-order valence-corrected chi connectivity index (χ1v) is 10.3. The Hall–Kier alpha value is -1.37. The number of hydrogen-bond acceptors (Lipinski definition) is 5. The Balaban J connectivity index is 1.97. The molecule has 0 saturated carbocycles. The van der Waals surface area contributed by atoms with Crippen molar-refractivity contribution in [2.45, 2.75) is 31.4 Å². The van der Waals surface area contributed by atoms with Gasteiger partial charge in [0.2, 0.25) is 0 Å². The molecule has 6 heteroatoms. The molecule has 4 nitrogen and oxygen atoms in total. The molecule has 0 atom stereocenters. The first kappa shape index (κ1) is 19.9. The van der Waals surface area contributed by atoms with Gasteiger partial charge in [-0.1, -0.05) is 13.8 Å². The SMILES string of the molecule is COCCN(CC(C)C)C(=O)c1ccc(SCc2csc(C)n2)cc1. The minimum Gasteiger partial charge on any atom is -0.383 e. The van der Waals surface area contributed by atoms with Crippen molar-refractivity contribution in [3.63, 3.8) is 0 Å². The smallest absolute Gasteiger partial charge is 0.253 e. The zero-order valence-electron chi connectivity index (χ0n) is 15.3. The van der Waals surface area contributed by atoms with Gasteiger partial charge in [-0.3, -0.25) is 4.79 Å². The van der Waals surface area contributed by atoms with Crippen LogP contribution in [0.4, 0.5) is 0 Å². The van der Waals surface area contributed by atoms with E-state index < -0.39 is 0 Å². The second-order valence-electron chi connectivity index (χ2n) is 6.31. The molecule has 0 aliphatic carbocycles. The number of rotatable bonds is 9. The third-order valence-electron chi connectivity index (χ3n) is 3.59. The van der Waals surface area contributed by atoms with Crippen LogP contribution in [0, 0.1) is 12.8 Å². The van der Waals surface area contributed by atoms with Crippen LogP contribution in [0.25, 0.3) is 0 Å². The fourth-order valence-corrected chi connectivity index (χ4v) is 3.94. The molecule has 1 heterocycles. The Morgan fingerprint density at radius 3 is 2.60 bits per heavy atom. The zero-order chi connectivity index (χ0) is 18.2. The number of carbonyl (C=O) groups is 1. The van der Waals surface area contributed by atoms with Gasteiger partial charge in [-0.15, -0.1) is 23.1 Å². The number of ether oxygens (including phenoxy) is 1. The minimum atomic E-state index is 0.0671. The van der Waals surface area contributed by atoms with E-state index >= 15 is 0 Å². The summed E-state index contributed by atoms with van der Waals surface area (Å²) < 4.78 is 5.13. The second kappa shape index (κ2) is 9.94. The third-order valence-corrected chi connectivity index (χ3v) is 5.46. The van der Waals surface area contributed by atoms with Crippen molar-refractivity contribution >= 4 is 29.0 Å². The van der Waals surface area contributed by atoms with E-state index in [4.69, 9.17) is 4.74 Å². The summed E-state index contributed by atoms with van der Waals surface area (Å²) in [5.74, 6) is 1.35. The summed E-state index contributed by atoms with van der Waals surface area (Å²) in [4.78, 5) is 20.2. The number of amides is 1. The summed E-state index contributed by atoms with van der Waals surface area (Å²) in [5.41, 5.74) is 1.83. The summed E-state index contributed by atoms with van der Waals surface area (Å²) in [6.07, 6.45) is 0. The highest BCUT2D eigenvalue weighted by atomic mass is 32.2. The topological polar surface area (TPSA) is 42.4 Å². The molecule has 136 valence electrons. The monoisotopic (exact) mass is 378 g/mol. The molecular formula is C19H26N2O2S2. The minimum absolute atomic E-state index is 0.0671. The Labute approximate surface area is 158 Å². The van der Waals surface area contributed by atoms with Crippen LogP contribution in [0.1, 0.15) is 34.9 Å². The first-order valence-electron chi connectivity index (χ1n) is 8.41. The third kappa shape index (κ3) is 6.45. The molecule has 0 saturated heterocycles. The van der Waals surface area contributed by atoms with Crippen molar-refractivity contribution in [2.75, 3.05) is 26.8 Å². The van der Waals surface area contributed by atoms with Crippen molar-refractivity contribution in [3.05, 3.63) is 45.9 Å². The van der Waals surface area contributed by atoms with Gasteiger partial charge in [0.25, 0.3) is 5.91 Å². The summed E-state index contributed by atoms with van der Waals surface area (Å²) in [5, 5.41) is 3.19. The standard InChI is InChI=1S/C19H26N2O2S2/c1-14(2)11-21(9-10-23-4)19(22)16-5-7-18(8-6-16)25-13-17-12-24-15(3)20-17/h5-8,12,14H,9-11,13H2,1-4H3. The van der Waals surface area contributed by atoms with Gasteiger partial charge in [-0.25, -0.2) is 4.98 Å². The van der Waals surface area contributed by atoms with Crippen LogP contribution in [-0.4, -0.2) is 42.6 Å². The van der Waals surface area contributed by atoms with Gasteiger partial charge in [0.05, 0.1) is 17.3 Å². The highest BCUT2D eigenvalue weighted by Crippen LogP contribution is 2.24. The van der Waals surface area contributed by atoms with E-state index in [9.17, 15) is 4.79 Å². The molecule has 25 heavy (non-hydrogen) atoms. The van der Waals surface area contributed by atoms with Crippen LogP contribution in [0.5, 0.6) is 0 Å². The van der Waals surface area contributed by atoms with E-state index in [-0.39, 0.29) is 5.91 Å². The lowest BCUT2D eigenvalue weighted by molar-refractivity contribution is 0.0672. The fourth-order valence-electron chi connectivity index (χ4n) is 2.43. The molecule has 2 rings (SSSR count). The highest BCUT2D eigenvalue weighted by molar-refractivity contribution is 7.98. The first-order chi connectivity index (χ1) is 12.0. The summed E-state index contributed by atoms with van der Waals surface area (Å²) in [6, 6.07) is 7.86. The van der Waals surface area contributed by atoms with Gasteiger partial charge in [-0.2, -0.15) is 0 Å². The van der Waals surface area contributed by atoms with Crippen LogP contribution in [0.2, 0.25) is 0 Å². The zero-order valence-corrected chi connectivity index (χ0v) is 17.0. The molecule has 0 unspecified atom stereocenters. The number of hydrogen-bond donors (Lipinski definition) is 0. The number of nitrogens with zero attached hydrogens (tertiary/aromatic N) is 2. The maximum absolute atomic E-state index is 12.7. The van der Waals surface area contributed by atoms with Gasteiger partial charge in [0.1, 0.15) is 0 Å². The maximum atomic E-state index is 12.7. The van der Waals surface area contributed by atoms with Gasteiger partial charge >= 0.3 is 0 Å². The van der Waals surface area contributed by atoms with Gasteiger partial charge < -0.3 is 9.64 Å². The molecule has 1 aromatic carbocycles. The Morgan fingerprint density at radius 1 is 1.32 bits per heavy atom. The predicted molar refractivity (Wildman–Crippen MR) is 105 cm³/mol. The van der Waals surface area contributed by atoms with Crippen LogP contribution < -0.4 is 0 Å². The highest BCUT2D eigenvalue weighted by Gasteiger charge is 2.16. The normalized spacial score (nSPS) is 11.1.